The van der Waals surface area contributed by atoms with E-state index in [2.05, 4.69) is 21.2 Å². The fourth-order valence-corrected chi connectivity index (χ4v) is 2.56. The van der Waals surface area contributed by atoms with Crippen LogP contribution in [0.2, 0.25) is 0 Å². The molecule has 1 fully saturated rings. The van der Waals surface area contributed by atoms with Crippen molar-refractivity contribution in [2.45, 2.75) is 20.0 Å². The molecule has 4 heteroatoms. The maximum absolute atomic E-state index is 14.1. The molecule has 1 unspecified atom stereocenters. The fourth-order valence-electron chi connectivity index (χ4n) is 2.00. The van der Waals surface area contributed by atoms with Gasteiger partial charge in [-0.15, -0.1) is 0 Å². The van der Waals surface area contributed by atoms with E-state index in [9.17, 15) is 4.39 Å². The minimum Gasteiger partial charge on any atom is -0.371 e. The first kappa shape index (κ1) is 12.0. The Hall–Kier alpha value is -0.450. The summed E-state index contributed by atoms with van der Waals surface area (Å²) in [5.74, 6) is -0.144. The van der Waals surface area contributed by atoms with Crippen LogP contribution in [0.4, 0.5) is 4.39 Å². The summed E-state index contributed by atoms with van der Waals surface area (Å²) >= 11 is 3.46. The van der Waals surface area contributed by atoms with Gasteiger partial charge in [0.05, 0.1) is 12.7 Å². The molecule has 1 atom stereocenters. The summed E-state index contributed by atoms with van der Waals surface area (Å²) in [5, 5.41) is 3.22. The van der Waals surface area contributed by atoms with Gasteiger partial charge in [-0.1, -0.05) is 15.9 Å². The number of hydrogen-bond donors (Lipinski definition) is 1. The molecule has 1 N–H and O–H groups in total. The number of aryl methyl sites for hydroxylation is 1. The highest BCUT2D eigenvalue weighted by Crippen LogP contribution is 2.32. The Morgan fingerprint density at radius 2 is 2.25 bits per heavy atom. The van der Waals surface area contributed by atoms with Crippen LogP contribution in [-0.4, -0.2) is 19.7 Å². The summed E-state index contributed by atoms with van der Waals surface area (Å²) in [6.07, 6.45) is -0.176. The molecule has 1 aliphatic heterocycles. The first-order valence-electron chi connectivity index (χ1n) is 5.38. The lowest BCUT2D eigenvalue weighted by atomic mass is 9.99. The molecule has 0 aliphatic carbocycles. The Morgan fingerprint density at radius 3 is 2.88 bits per heavy atom. The lowest BCUT2D eigenvalue weighted by Gasteiger charge is -2.26. The molecule has 0 amide bonds. The quantitative estimate of drug-likeness (QED) is 0.858. The normalized spacial score (nSPS) is 21.1. The largest absolute Gasteiger partial charge is 0.371 e. The number of rotatable bonds is 1. The second-order valence-corrected chi connectivity index (χ2v) is 4.95. The Bertz CT molecular complexity index is 376. The van der Waals surface area contributed by atoms with Gasteiger partial charge < -0.3 is 10.1 Å². The average Bonchev–Trinajstić information content (AvgIpc) is 2.28. The standard InChI is InChI=1S/C12H15BrFNO/c1-7-5-9(13)8(2)11(12(7)14)10-6-15-3-4-16-10/h5,10,15H,3-4,6H2,1-2H3. The van der Waals surface area contributed by atoms with Crippen LogP contribution in [0.15, 0.2) is 10.5 Å². The zero-order valence-corrected chi connectivity index (χ0v) is 11.0. The topological polar surface area (TPSA) is 21.3 Å². The van der Waals surface area contributed by atoms with Crippen molar-refractivity contribution in [2.75, 3.05) is 19.7 Å². The minimum absolute atomic E-state index is 0.144. The monoisotopic (exact) mass is 287 g/mol. The van der Waals surface area contributed by atoms with E-state index in [0.29, 0.717) is 24.3 Å². The SMILES string of the molecule is Cc1cc(Br)c(C)c(C2CNCCO2)c1F. The molecule has 1 aromatic rings. The molecule has 0 aromatic heterocycles. The number of nitrogens with one attached hydrogen (secondary N) is 1. The van der Waals surface area contributed by atoms with Gasteiger partial charge in [0, 0.05) is 23.1 Å². The highest BCUT2D eigenvalue weighted by Gasteiger charge is 2.23. The molecule has 16 heavy (non-hydrogen) atoms. The zero-order chi connectivity index (χ0) is 11.7. The first-order valence-corrected chi connectivity index (χ1v) is 6.18. The molecule has 1 heterocycles. The second kappa shape index (κ2) is 4.82. The van der Waals surface area contributed by atoms with Crippen LogP contribution in [0.5, 0.6) is 0 Å². The Balaban J connectivity index is 2.45. The lowest BCUT2D eigenvalue weighted by Crippen LogP contribution is -2.34. The molecular formula is C12H15BrFNO. The Kier molecular flexibility index (Phi) is 3.62. The summed E-state index contributed by atoms with van der Waals surface area (Å²) in [5.41, 5.74) is 2.26. The number of benzene rings is 1. The fraction of sp³-hybridized carbons (Fsp3) is 0.500. The van der Waals surface area contributed by atoms with E-state index in [1.54, 1.807) is 6.92 Å². The average molecular weight is 288 g/mol. The van der Waals surface area contributed by atoms with Gasteiger partial charge in [0.15, 0.2) is 0 Å². The van der Waals surface area contributed by atoms with Crippen LogP contribution in [-0.2, 0) is 4.74 Å². The van der Waals surface area contributed by atoms with Crippen LogP contribution in [0, 0.1) is 19.7 Å². The highest BCUT2D eigenvalue weighted by atomic mass is 79.9. The van der Waals surface area contributed by atoms with Crippen molar-refractivity contribution in [3.8, 4) is 0 Å². The summed E-state index contributed by atoms with van der Waals surface area (Å²) in [7, 11) is 0. The van der Waals surface area contributed by atoms with Crippen LogP contribution in [0.1, 0.15) is 22.8 Å². The van der Waals surface area contributed by atoms with Crippen LogP contribution in [0.3, 0.4) is 0 Å². The van der Waals surface area contributed by atoms with Crippen molar-refractivity contribution < 1.29 is 9.13 Å². The number of halogens is 2. The summed E-state index contributed by atoms with van der Waals surface area (Å²) in [4.78, 5) is 0. The molecule has 0 spiro atoms. The van der Waals surface area contributed by atoms with Gasteiger partial charge in [-0.05, 0) is 31.0 Å². The van der Waals surface area contributed by atoms with E-state index in [1.165, 1.54) is 0 Å². The van der Waals surface area contributed by atoms with Gasteiger partial charge in [0.1, 0.15) is 5.82 Å². The van der Waals surface area contributed by atoms with E-state index in [1.807, 2.05) is 13.0 Å². The third-order valence-electron chi connectivity index (χ3n) is 2.94. The number of morpholine rings is 1. The maximum Gasteiger partial charge on any atom is 0.132 e. The van der Waals surface area contributed by atoms with Gasteiger partial charge in [-0.25, -0.2) is 4.39 Å². The van der Waals surface area contributed by atoms with E-state index >= 15 is 0 Å². The van der Waals surface area contributed by atoms with Crippen molar-refractivity contribution in [3.05, 3.63) is 33.0 Å². The van der Waals surface area contributed by atoms with E-state index in [0.717, 1.165) is 16.6 Å². The molecule has 1 saturated heterocycles. The predicted octanol–water partition coefficient (Wildman–Crippen LogP) is 2.87. The van der Waals surface area contributed by atoms with Crippen molar-refractivity contribution in [2.24, 2.45) is 0 Å². The van der Waals surface area contributed by atoms with E-state index in [-0.39, 0.29) is 11.9 Å². The minimum atomic E-state index is -0.176. The smallest absolute Gasteiger partial charge is 0.132 e. The number of ether oxygens (including phenoxy) is 1. The van der Waals surface area contributed by atoms with Crippen molar-refractivity contribution in [1.29, 1.82) is 0 Å². The first-order chi connectivity index (χ1) is 7.61. The van der Waals surface area contributed by atoms with Crippen LogP contribution < -0.4 is 5.32 Å². The molecule has 0 radical (unpaired) electrons. The molecule has 2 rings (SSSR count). The van der Waals surface area contributed by atoms with Crippen LogP contribution in [0.25, 0.3) is 0 Å². The van der Waals surface area contributed by atoms with Gasteiger partial charge in [-0.3, -0.25) is 0 Å². The molecule has 0 bridgehead atoms. The summed E-state index contributed by atoms with van der Waals surface area (Å²) in [6.45, 7) is 5.84. The summed E-state index contributed by atoms with van der Waals surface area (Å²) < 4.78 is 20.7. The van der Waals surface area contributed by atoms with E-state index in [4.69, 9.17) is 4.74 Å². The van der Waals surface area contributed by atoms with Crippen molar-refractivity contribution in [1.82, 2.24) is 5.32 Å². The van der Waals surface area contributed by atoms with Gasteiger partial charge in [0.2, 0.25) is 0 Å². The van der Waals surface area contributed by atoms with Crippen molar-refractivity contribution in [3.63, 3.8) is 0 Å². The Labute approximate surface area is 103 Å². The third kappa shape index (κ3) is 2.14. The number of hydrogen-bond acceptors (Lipinski definition) is 2. The molecule has 1 aromatic carbocycles. The molecule has 2 nitrogen and oxygen atoms in total. The summed E-state index contributed by atoms with van der Waals surface area (Å²) in [6, 6.07) is 1.81. The molecular weight excluding hydrogens is 273 g/mol. The highest BCUT2D eigenvalue weighted by molar-refractivity contribution is 9.10. The molecule has 0 saturated carbocycles. The molecule has 1 aliphatic rings. The second-order valence-electron chi connectivity index (χ2n) is 4.09. The van der Waals surface area contributed by atoms with Gasteiger partial charge in [-0.2, -0.15) is 0 Å². The lowest BCUT2D eigenvalue weighted by molar-refractivity contribution is 0.0250. The van der Waals surface area contributed by atoms with Crippen LogP contribution >= 0.6 is 15.9 Å². The zero-order valence-electron chi connectivity index (χ0n) is 9.44. The van der Waals surface area contributed by atoms with E-state index < -0.39 is 0 Å². The van der Waals surface area contributed by atoms with Gasteiger partial charge >= 0.3 is 0 Å². The van der Waals surface area contributed by atoms with Crippen molar-refractivity contribution >= 4 is 15.9 Å². The predicted molar refractivity (Wildman–Crippen MR) is 65.1 cm³/mol. The third-order valence-corrected chi connectivity index (χ3v) is 3.76. The molecule has 88 valence electrons. The van der Waals surface area contributed by atoms with Gasteiger partial charge in [0.25, 0.3) is 0 Å². The Morgan fingerprint density at radius 1 is 1.50 bits per heavy atom. The maximum atomic E-state index is 14.1.